The van der Waals surface area contributed by atoms with E-state index >= 15 is 0 Å². The molecule has 0 radical (unpaired) electrons. The van der Waals surface area contributed by atoms with Crippen LogP contribution in [0.15, 0.2) is 46.3 Å². The highest BCUT2D eigenvalue weighted by Crippen LogP contribution is 2.36. The molecule has 0 spiro atoms. The Labute approximate surface area is 214 Å². The van der Waals surface area contributed by atoms with Gasteiger partial charge in [0, 0.05) is 26.0 Å². The molecule has 35 heavy (non-hydrogen) atoms. The number of fused-ring (bicyclic) bond motifs is 1. The van der Waals surface area contributed by atoms with Crippen molar-refractivity contribution in [3.63, 3.8) is 0 Å². The van der Waals surface area contributed by atoms with Crippen LogP contribution in [-0.4, -0.2) is 50.6 Å². The SMILES string of the molecule is CN=c1sc([N+]2(C(=O)CCS(=O)(=O)c3ccc4cc(Cl)ccc4c3)CCCCC2)c(C(C)=O)n1C. The molecule has 4 rings (SSSR count). The highest BCUT2D eigenvalue weighted by atomic mass is 35.5. The largest absolute Gasteiger partial charge is 0.320 e. The Kier molecular flexibility index (Phi) is 7.33. The second-order valence-electron chi connectivity index (χ2n) is 8.97. The van der Waals surface area contributed by atoms with E-state index in [4.69, 9.17) is 11.6 Å². The van der Waals surface area contributed by atoms with Crippen LogP contribution in [0.1, 0.15) is 43.1 Å². The number of thiazole rings is 1. The second-order valence-corrected chi connectivity index (χ2v) is 12.5. The molecule has 2 heterocycles. The molecule has 7 nitrogen and oxygen atoms in total. The van der Waals surface area contributed by atoms with Crippen LogP contribution in [0.2, 0.25) is 5.02 Å². The third-order valence-corrected chi connectivity index (χ3v) is 10.0. The Morgan fingerprint density at radius 3 is 2.40 bits per heavy atom. The summed E-state index contributed by atoms with van der Waals surface area (Å²) >= 11 is 7.38. The van der Waals surface area contributed by atoms with Gasteiger partial charge in [0.15, 0.2) is 26.1 Å². The maximum Gasteiger partial charge on any atom is 0.320 e. The van der Waals surface area contributed by atoms with Crippen molar-refractivity contribution in [2.75, 3.05) is 25.9 Å². The molecule has 0 bridgehead atoms. The van der Waals surface area contributed by atoms with E-state index in [9.17, 15) is 18.0 Å². The zero-order valence-corrected chi connectivity index (χ0v) is 22.5. The van der Waals surface area contributed by atoms with Gasteiger partial charge >= 0.3 is 5.91 Å². The van der Waals surface area contributed by atoms with Gasteiger partial charge in [0.25, 0.3) is 0 Å². The Hall–Kier alpha value is -2.33. The Balaban J connectivity index is 1.67. The van der Waals surface area contributed by atoms with Gasteiger partial charge in [-0.05, 0) is 65.6 Å². The highest BCUT2D eigenvalue weighted by molar-refractivity contribution is 7.91. The molecule has 1 saturated heterocycles. The fourth-order valence-electron chi connectivity index (χ4n) is 4.87. The second kappa shape index (κ2) is 9.97. The summed E-state index contributed by atoms with van der Waals surface area (Å²) in [4.78, 5) is 31.5. The average Bonchev–Trinajstić information content (AvgIpc) is 3.19. The molecule has 0 aliphatic carbocycles. The van der Waals surface area contributed by atoms with Crippen LogP contribution in [-0.2, 0) is 21.7 Å². The predicted octanol–water partition coefficient (Wildman–Crippen LogP) is 4.51. The van der Waals surface area contributed by atoms with Crippen molar-refractivity contribution >= 4 is 60.2 Å². The Morgan fingerprint density at radius 2 is 1.74 bits per heavy atom. The normalized spacial score (nSPS) is 16.5. The van der Waals surface area contributed by atoms with Crippen molar-refractivity contribution in [2.24, 2.45) is 12.0 Å². The van der Waals surface area contributed by atoms with Crippen molar-refractivity contribution in [2.45, 2.75) is 37.5 Å². The van der Waals surface area contributed by atoms with Gasteiger partial charge in [0.05, 0.1) is 30.2 Å². The number of sulfone groups is 1. The van der Waals surface area contributed by atoms with Gasteiger partial charge < -0.3 is 4.57 Å². The van der Waals surface area contributed by atoms with E-state index in [1.54, 1.807) is 55.1 Å². The van der Waals surface area contributed by atoms with E-state index in [2.05, 4.69) is 4.99 Å². The Bertz CT molecular complexity index is 1480. The number of aromatic nitrogens is 1. The molecule has 2 aromatic carbocycles. The number of nitrogens with zero attached hydrogens (tertiary/aromatic N) is 3. The lowest BCUT2D eigenvalue weighted by Crippen LogP contribution is -2.57. The molecule has 1 amide bonds. The van der Waals surface area contributed by atoms with Crippen LogP contribution in [0.4, 0.5) is 5.00 Å². The van der Waals surface area contributed by atoms with E-state index in [1.165, 1.54) is 18.3 Å². The lowest BCUT2D eigenvalue weighted by molar-refractivity contribution is -0.130. The van der Waals surface area contributed by atoms with Crippen molar-refractivity contribution in [1.29, 1.82) is 0 Å². The summed E-state index contributed by atoms with van der Waals surface area (Å²) in [7, 11) is -0.252. The lowest BCUT2D eigenvalue weighted by atomic mass is 10.1. The maximum atomic E-state index is 13.8. The maximum absolute atomic E-state index is 13.8. The molecule has 3 aromatic rings. The summed E-state index contributed by atoms with van der Waals surface area (Å²) in [5.41, 5.74) is 0.474. The molecule has 0 unspecified atom stereocenters. The van der Waals surface area contributed by atoms with Gasteiger partial charge in [0.2, 0.25) is 5.00 Å². The molecule has 0 N–H and O–H groups in total. The average molecular weight is 535 g/mol. The van der Waals surface area contributed by atoms with E-state index in [0.717, 1.165) is 30.0 Å². The number of hydrogen-bond acceptors (Lipinski definition) is 6. The summed E-state index contributed by atoms with van der Waals surface area (Å²) < 4.78 is 28.1. The predicted molar refractivity (Wildman–Crippen MR) is 141 cm³/mol. The molecule has 0 saturated carbocycles. The zero-order chi connectivity index (χ0) is 25.4. The summed E-state index contributed by atoms with van der Waals surface area (Å²) in [6, 6.07) is 10.2. The molecule has 1 fully saturated rings. The fourth-order valence-corrected chi connectivity index (χ4v) is 7.64. The van der Waals surface area contributed by atoms with Gasteiger partial charge in [-0.15, -0.1) is 0 Å². The minimum atomic E-state index is -3.69. The molecule has 1 aliphatic rings. The highest BCUT2D eigenvalue weighted by Gasteiger charge is 2.45. The van der Waals surface area contributed by atoms with Crippen LogP contribution < -0.4 is 9.28 Å². The molecular formula is C25H29ClN3O4S2+. The summed E-state index contributed by atoms with van der Waals surface area (Å²) in [6.07, 6.45) is 2.55. The van der Waals surface area contributed by atoms with Crippen LogP contribution in [0.3, 0.4) is 0 Å². The number of amides is 1. The van der Waals surface area contributed by atoms with E-state index in [0.29, 0.717) is 33.6 Å². The summed E-state index contributed by atoms with van der Waals surface area (Å²) in [5.74, 6) is -0.593. The van der Waals surface area contributed by atoms with E-state index < -0.39 is 9.84 Å². The number of hydrogen-bond donors (Lipinski definition) is 0. The number of Topliss-reactive ketones (excluding diaryl/α,β-unsaturated/α-hetero) is 1. The number of carbonyl (C=O) groups is 2. The van der Waals surface area contributed by atoms with Crippen molar-refractivity contribution in [1.82, 2.24) is 9.05 Å². The monoisotopic (exact) mass is 534 g/mol. The van der Waals surface area contributed by atoms with Gasteiger partial charge in [-0.3, -0.25) is 9.79 Å². The smallest absolute Gasteiger partial charge is 0.312 e. The number of carbonyl (C=O) groups excluding carboxylic acids is 2. The molecular weight excluding hydrogens is 506 g/mol. The Morgan fingerprint density at radius 1 is 1.09 bits per heavy atom. The number of rotatable bonds is 6. The number of piperidine rings is 1. The van der Waals surface area contributed by atoms with Crippen molar-refractivity contribution in [3.8, 4) is 0 Å². The van der Waals surface area contributed by atoms with Gasteiger partial charge in [-0.1, -0.05) is 23.7 Å². The third kappa shape index (κ3) is 4.87. The molecule has 1 aliphatic heterocycles. The molecule has 186 valence electrons. The first-order valence-electron chi connectivity index (χ1n) is 11.6. The summed E-state index contributed by atoms with van der Waals surface area (Å²) in [5, 5.41) is 2.88. The first kappa shape index (κ1) is 25.8. The topological polar surface area (TPSA) is 85.6 Å². The zero-order valence-electron chi connectivity index (χ0n) is 20.1. The first-order valence-corrected chi connectivity index (χ1v) is 14.4. The molecule has 0 atom stereocenters. The number of likely N-dealkylation sites (tertiary alicyclic amines) is 1. The van der Waals surface area contributed by atoms with E-state index in [-0.39, 0.29) is 33.2 Å². The lowest BCUT2D eigenvalue weighted by Gasteiger charge is -2.37. The van der Waals surface area contributed by atoms with Crippen molar-refractivity contribution < 1.29 is 18.0 Å². The fraction of sp³-hybridized carbons (Fsp3) is 0.400. The quantitative estimate of drug-likeness (QED) is 0.344. The first-order chi connectivity index (χ1) is 16.6. The van der Waals surface area contributed by atoms with Crippen LogP contribution in [0.25, 0.3) is 10.8 Å². The number of ketones is 1. The minimum Gasteiger partial charge on any atom is -0.312 e. The van der Waals surface area contributed by atoms with Crippen molar-refractivity contribution in [3.05, 3.63) is 51.9 Å². The van der Waals surface area contributed by atoms with Gasteiger partial charge in [0.1, 0.15) is 0 Å². The van der Waals surface area contributed by atoms with Crippen LogP contribution in [0.5, 0.6) is 0 Å². The van der Waals surface area contributed by atoms with Crippen LogP contribution in [0, 0.1) is 0 Å². The van der Waals surface area contributed by atoms with Crippen LogP contribution >= 0.6 is 22.9 Å². The molecule has 1 aromatic heterocycles. The van der Waals surface area contributed by atoms with E-state index in [1.807, 2.05) is 0 Å². The summed E-state index contributed by atoms with van der Waals surface area (Å²) in [6.45, 7) is 2.60. The third-order valence-electron chi connectivity index (χ3n) is 6.70. The van der Waals surface area contributed by atoms with Gasteiger partial charge in [-0.2, -0.15) is 0 Å². The minimum absolute atomic E-state index is 0.00861. The number of benzene rings is 2. The number of quaternary nitrogens is 1. The standard InChI is InChI=1S/C25H29ClN3O4S2/c1-17(30)23-24(34-25(27-2)28(23)3)29(12-5-4-6-13-29)22(31)11-14-35(32,33)21-10-8-18-15-20(26)9-7-19(18)16-21/h7-10,15-16H,4-6,11-14H2,1-3H3/q+1. The van der Waals surface area contributed by atoms with Gasteiger partial charge in [-0.25, -0.2) is 17.7 Å². The number of halogens is 1. The molecule has 10 heteroatoms.